The molecule has 0 radical (unpaired) electrons. The molecule has 0 nitrogen and oxygen atoms in total. The minimum Gasteiger partial charge on any atom is -0.0952 e. The lowest BCUT2D eigenvalue weighted by molar-refractivity contribution is 0.374. The van der Waals surface area contributed by atoms with E-state index in [1.807, 2.05) is 0 Å². The van der Waals surface area contributed by atoms with Gasteiger partial charge in [-0.15, -0.1) is 0 Å². The number of hydrogen-bond donors (Lipinski definition) is 0. The van der Waals surface area contributed by atoms with Crippen LogP contribution in [-0.2, 0) is 5.41 Å². The van der Waals surface area contributed by atoms with Gasteiger partial charge in [0, 0.05) is 5.41 Å². The molecule has 16 heavy (non-hydrogen) atoms. The van der Waals surface area contributed by atoms with Crippen molar-refractivity contribution in [2.75, 3.05) is 0 Å². The maximum absolute atomic E-state index is 4.33. The van der Waals surface area contributed by atoms with Gasteiger partial charge in [0.2, 0.25) is 0 Å². The fraction of sp³-hybridized carbons (Fsp3) is 0.500. The van der Waals surface area contributed by atoms with E-state index in [4.69, 9.17) is 0 Å². The number of allylic oxidation sites excluding steroid dienone is 1. The van der Waals surface area contributed by atoms with Gasteiger partial charge in [-0.25, -0.2) is 0 Å². The van der Waals surface area contributed by atoms with Crippen LogP contribution in [0.4, 0.5) is 0 Å². The van der Waals surface area contributed by atoms with Crippen LogP contribution in [-0.4, -0.2) is 0 Å². The zero-order valence-corrected chi connectivity index (χ0v) is 9.97. The Kier molecular flexibility index (Phi) is 1.38. The minimum atomic E-state index is 0.578. The molecule has 0 aliphatic heterocycles. The Labute approximate surface area is 97.4 Å². The second-order valence-corrected chi connectivity index (χ2v) is 6.14. The van der Waals surface area contributed by atoms with Crippen LogP contribution in [0, 0.1) is 12.3 Å². The third-order valence-electron chi connectivity index (χ3n) is 5.30. The van der Waals surface area contributed by atoms with Gasteiger partial charge < -0.3 is 0 Å². The van der Waals surface area contributed by atoms with E-state index in [1.54, 1.807) is 5.56 Å². The van der Waals surface area contributed by atoms with Crippen LogP contribution >= 0.6 is 0 Å². The van der Waals surface area contributed by atoms with Gasteiger partial charge in [0.1, 0.15) is 0 Å². The third kappa shape index (κ3) is 0.841. The van der Waals surface area contributed by atoms with E-state index in [1.165, 1.54) is 48.8 Å². The van der Waals surface area contributed by atoms with E-state index in [0.717, 1.165) is 0 Å². The highest BCUT2D eigenvalue weighted by Crippen LogP contribution is 2.76. The lowest BCUT2D eigenvalue weighted by Gasteiger charge is -2.37. The van der Waals surface area contributed by atoms with Crippen molar-refractivity contribution in [3.63, 3.8) is 0 Å². The Morgan fingerprint density at radius 1 is 1.12 bits per heavy atom. The molecule has 3 aliphatic rings. The number of aryl methyl sites for hydroxylation is 1. The summed E-state index contributed by atoms with van der Waals surface area (Å²) in [6.07, 6.45) is 7.01. The fourth-order valence-electron chi connectivity index (χ4n) is 4.25. The van der Waals surface area contributed by atoms with Gasteiger partial charge in [-0.1, -0.05) is 24.8 Å². The van der Waals surface area contributed by atoms with Gasteiger partial charge >= 0.3 is 0 Å². The first-order valence-electron chi connectivity index (χ1n) is 6.47. The zero-order chi connectivity index (χ0) is 11.0. The first kappa shape index (κ1) is 9.04. The molecule has 0 atom stereocenters. The molecule has 1 aromatic rings. The summed E-state index contributed by atoms with van der Waals surface area (Å²) >= 11 is 0. The summed E-state index contributed by atoms with van der Waals surface area (Å²) in [5, 5.41) is 0. The molecule has 3 aliphatic carbocycles. The standard InChI is InChI=1S/C16H18/c1-11-4-3-5-13-12(2)10-15(6-7-15)16(8-9-16)14(11)13/h3-5H,2,6-10H2,1H3. The predicted molar refractivity (Wildman–Crippen MR) is 67.4 cm³/mol. The van der Waals surface area contributed by atoms with Crippen LogP contribution in [0.3, 0.4) is 0 Å². The normalized spacial score (nSPS) is 26.9. The molecule has 0 amide bonds. The number of rotatable bonds is 0. The smallest absolute Gasteiger partial charge is 0.00218 e. The van der Waals surface area contributed by atoms with Crippen molar-refractivity contribution in [2.45, 2.75) is 44.4 Å². The second kappa shape index (κ2) is 2.45. The number of benzene rings is 1. The van der Waals surface area contributed by atoms with Crippen molar-refractivity contribution in [1.29, 1.82) is 0 Å². The SMILES string of the molecule is C=C1CC2(CC2)C2(CC2)c2c(C)cccc21. The first-order valence-corrected chi connectivity index (χ1v) is 6.47. The quantitative estimate of drug-likeness (QED) is 0.601. The number of fused-ring (bicyclic) bond motifs is 3. The predicted octanol–water partition coefficient (Wildman–Crippen LogP) is 4.22. The average Bonchev–Trinajstić information content (AvgIpc) is 3.10. The third-order valence-corrected chi connectivity index (χ3v) is 5.30. The summed E-state index contributed by atoms with van der Waals surface area (Å²) in [4.78, 5) is 0. The lowest BCUT2D eigenvalue weighted by atomic mass is 9.67. The van der Waals surface area contributed by atoms with E-state index in [0.29, 0.717) is 10.8 Å². The Morgan fingerprint density at radius 3 is 2.50 bits per heavy atom. The van der Waals surface area contributed by atoms with Gasteiger partial charge in [-0.3, -0.25) is 0 Å². The molecule has 0 unspecified atom stereocenters. The molecule has 0 heterocycles. The number of hydrogen-bond acceptors (Lipinski definition) is 0. The van der Waals surface area contributed by atoms with Gasteiger partial charge in [0.05, 0.1) is 0 Å². The highest BCUT2D eigenvalue weighted by atomic mass is 14.7. The van der Waals surface area contributed by atoms with Crippen LogP contribution in [0.5, 0.6) is 0 Å². The molecule has 0 heteroatoms. The largest absolute Gasteiger partial charge is 0.0952 e. The van der Waals surface area contributed by atoms with Gasteiger partial charge in [0.15, 0.2) is 0 Å². The Balaban J connectivity index is 2.03. The Bertz CT molecular complexity index is 499. The molecule has 2 saturated carbocycles. The van der Waals surface area contributed by atoms with Crippen LogP contribution in [0.2, 0.25) is 0 Å². The Hall–Kier alpha value is -1.04. The monoisotopic (exact) mass is 210 g/mol. The fourth-order valence-corrected chi connectivity index (χ4v) is 4.25. The summed E-state index contributed by atoms with van der Waals surface area (Å²) in [6.45, 7) is 6.61. The van der Waals surface area contributed by atoms with Gasteiger partial charge in [-0.2, -0.15) is 0 Å². The summed E-state index contributed by atoms with van der Waals surface area (Å²) in [5.74, 6) is 0. The topological polar surface area (TPSA) is 0 Å². The zero-order valence-electron chi connectivity index (χ0n) is 9.97. The molecule has 1 aromatic carbocycles. The molecule has 2 spiro atoms. The average molecular weight is 210 g/mol. The van der Waals surface area contributed by atoms with Crippen LogP contribution in [0.1, 0.15) is 48.8 Å². The van der Waals surface area contributed by atoms with Crippen molar-refractivity contribution in [1.82, 2.24) is 0 Å². The van der Waals surface area contributed by atoms with Crippen molar-refractivity contribution < 1.29 is 0 Å². The molecular weight excluding hydrogens is 192 g/mol. The highest BCUT2D eigenvalue weighted by Gasteiger charge is 2.68. The van der Waals surface area contributed by atoms with E-state index >= 15 is 0 Å². The summed E-state index contributed by atoms with van der Waals surface area (Å²) in [7, 11) is 0. The van der Waals surface area contributed by atoms with Crippen LogP contribution < -0.4 is 0 Å². The molecule has 0 bridgehead atoms. The van der Waals surface area contributed by atoms with Gasteiger partial charge in [0.25, 0.3) is 0 Å². The van der Waals surface area contributed by atoms with E-state index in [-0.39, 0.29) is 0 Å². The van der Waals surface area contributed by atoms with Crippen LogP contribution in [0.25, 0.3) is 5.57 Å². The molecule has 0 saturated heterocycles. The maximum Gasteiger partial charge on any atom is 0.00218 e. The lowest BCUT2D eigenvalue weighted by Crippen LogP contribution is -2.29. The van der Waals surface area contributed by atoms with Crippen LogP contribution in [0.15, 0.2) is 24.8 Å². The second-order valence-electron chi connectivity index (χ2n) is 6.14. The Morgan fingerprint density at radius 2 is 1.88 bits per heavy atom. The van der Waals surface area contributed by atoms with Gasteiger partial charge in [-0.05, 0) is 66.7 Å². The molecule has 0 aromatic heterocycles. The van der Waals surface area contributed by atoms with E-state index in [2.05, 4.69) is 31.7 Å². The van der Waals surface area contributed by atoms with Crippen molar-refractivity contribution >= 4 is 5.57 Å². The first-order chi connectivity index (χ1) is 7.69. The molecular formula is C16H18. The van der Waals surface area contributed by atoms with E-state index < -0.39 is 0 Å². The highest BCUT2D eigenvalue weighted by molar-refractivity contribution is 5.74. The van der Waals surface area contributed by atoms with Crippen molar-refractivity contribution in [3.8, 4) is 0 Å². The molecule has 0 N–H and O–H groups in total. The van der Waals surface area contributed by atoms with Crippen molar-refractivity contribution in [3.05, 3.63) is 41.5 Å². The molecule has 4 rings (SSSR count). The molecule has 82 valence electrons. The summed E-state index contributed by atoms with van der Waals surface area (Å²) < 4.78 is 0. The van der Waals surface area contributed by atoms with E-state index in [9.17, 15) is 0 Å². The minimum absolute atomic E-state index is 0.578. The maximum atomic E-state index is 4.33. The molecule has 2 fully saturated rings. The summed E-state index contributed by atoms with van der Waals surface area (Å²) in [5.41, 5.74) is 7.27. The summed E-state index contributed by atoms with van der Waals surface area (Å²) in [6, 6.07) is 6.77. The van der Waals surface area contributed by atoms with Crippen molar-refractivity contribution in [2.24, 2.45) is 5.41 Å².